The van der Waals surface area contributed by atoms with E-state index in [0.29, 0.717) is 10.2 Å². The quantitative estimate of drug-likeness (QED) is 0.305. The number of carbonyl (C=O) groups is 1. The third-order valence-electron chi connectivity index (χ3n) is 5.07. The average Bonchev–Trinajstić information content (AvgIpc) is 3.29. The molecule has 34 heavy (non-hydrogen) atoms. The van der Waals surface area contributed by atoms with Gasteiger partial charge in [-0.15, -0.1) is 0 Å². The summed E-state index contributed by atoms with van der Waals surface area (Å²) in [5, 5.41) is 17.0. The van der Waals surface area contributed by atoms with Crippen molar-refractivity contribution in [1.82, 2.24) is 15.1 Å². The summed E-state index contributed by atoms with van der Waals surface area (Å²) in [6, 6.07) is 21.3. The van der Waals surface area contributed by atoms with Gasteiger partial charge < -0.3 is 5.32 Å². The highest BCUT2D eigenvalue weighted by Crippen LogP contribution is 2.34. The van der Waals surface area contributed by atoms with Crippen LogP contribution in [0.5, 0.6) is 0 Å². The summed E-state index contributed by atoms with van der Waals surface area (Å²) in [4.78, 5) is 22.8. The fraction of sp³-hybridized carbons (Fsp3) is 0.0833. The summed E-state index contributed by atoms with van der Waals surface area (Å²) in [6.45, 7) is 0.0134. The second-order valence-electron chi connectivity index (χ2n) is 7.34. The number of hydrogen-bond acceptors (Lipinski definition) is 4. The van der Waals surface area contributed by atoms with Crippen LogP contribution in [-0.2, 0) is 12.7 Å². The van der Waals surface area contributed by atoms with E-state index in [1.54, 1.807) is 12.1 Å². The first-order valence-corrected chi connectivity index (χ1v) is 10.1. The molecule has 10 heteroatoms. The molecule has 0 aliphatic rings. The molecule has 4 aromatic rings. The lowest BCUT2D eigenvalue weighted by Gasteiger charge is -2.13. The van der Waals surface area contributed by atoms with Gasteiger partial charge in [0.25, 0.3) is 11.6 Å². The van der Waals surface area contributed by atoms with Crippen molar-refractivity contribution in [3.63, 3.8) is 0 Å². The second kappa shape index (κ2) is 9.18. The molecule has 1 aromatic heterocycles. The zero-order valence-corrected chi connectivity index (χ0v) is 17.5. The summed E-state index contributed by atoms with van der Waals surface area (Å²) in [7, 11) is 0. The van der Waals surface area contributed by atoms with Gasteiger partial charge in [-0.3, -0.25) is 14.9 Å². The highest BCUT2D eigenvalue weighted by Gasteiger charge is 2.40. The Bertz CT molecular complexity index is 1330. The van der Waals surface area contributed by atoms with Crippen molar-refractivity contribution in [2.24, 2.45) is 0 Å². The Morgan fingerprint density at radius 3 is 2.29 bits per heavy atom. The van der Waals surface area contributed by atoms with Gasteiger partial charge in [-0.1, -0.05) is 48.5 Å². The fourth-order valence-electron chi connectivity index (χ4n) is 3.47. The Morgan fingerprint density at radius 1 is 0.971 bits per heavy atom. The van der Waals surface area contributed by atoms with Gasteiger partial charge in [-0.05, 0) is 34.9 Å². The van der Waals surface area contributed by atoms with E-state index < -0.39 is 28.3 Å². The highest BCUT2D eigenvalue weighted by atomic mass is 19.4. The lowest BCUT2D eigenvalue weighted by atomic mass is 10.0. The number of carbonyl (C=O) groups excluding carboxylic acids is 1. The topological polar surface area (TPSA) is 90.1 Å². The maximum Gasteiger partial charge on any atom is 0.434 e. The molecule has 0 unspecified atom stereocenters. The van der Waals surface area contributed by atoms with E-state index in [1.165, 1.54) is 0 Å². The van der Waals surface area contributed by atoms with Crippen LogP contribution >= 0.6 is 0 Å². The number of halogens is 3. The number of alkyl halides is 3. The predicted molar refractivity (Wildman–Crippen MR) is 118 cm³/mol. The lowest BCUT2D eigenvalue weighted by molar-refractivity contribution is -0.384. The maximum absolute atomic E-state index is 13.9. The molecule has 4 rings (SSSR count). The van der Waals surface area contributed by atoms with E-state index in [9.17, 15) is 28.1 Å². The van der Waals surface area contributed by atoms with E-state index in [1.807, 2.05) is 42.5 Å². The molecule has 0 atom stereocenters. The molecule has 0 spiro atoms. The van der Waals surface area contributed by atoms with Crippen molar-refractivity contribution in [3.05, 3.63) is 112 Å². The Labute approximate surface area is 191 Å². The van der Waals surface area contributed by atoms with Crippen molar-refractivity contribution in [2.75, 3.05) is 0 Å². The first kappa shape index (κ1) is 22.7. The fourth-order valence-corrected chi connectivity index (χ4v) is 3.47. The number of amides is 1. The highest BCUT2D eigenvalue weighted by molar-refractivity contribution is 5.95. The van der Waals surface area contributed by atoms with Crippen LogP contribution in [0.15, 0.2) is 85.1 Å². The van der Waals surface area contributed by atoms with Crippen LogP contribution in [0.4, 0.5) is 18.9 Å². The Balaban J connectivity index is 1.57. The van der Waals surface area contributed by atoms with E-state index in [2.05, 4.69) is 10.4 Å². The normalized spacial score (nSPS) is 11.3. The number of nitro groups is 1. The number of non-ortho nitro benzene ring substituents is 1. The van der Waals surface area contributed by atoms with Crippen LogP contribution in [0.25, 0.3) is 16.8 Å². The molecule has 0 radical (unpaired) electrons. The maximum atomic E-state index is 13.9. The van der Waals surface area contributed by atoms with E-state index in [4.69, 9.17) is 0 Å². The van der Waals surface area contributed by atoms with Crippen molar-refractivity contribution in [3.8, 4) is 16.8 Å². The van der Waals surface area contributed by atoms with Crippen molar-refractivity contribution in [2.45, 2.75) is 12.7 Å². The van der Waals surface area contributed by atoms with Crippen LogP contribution in [0, 0.1) is 10.1 Å². The zero-order valence-electron chi connectivity index (χ0n) is 17.5. The summed E-state index contributed by atoms with van der Waals surface area (Å²) >= 11 is 0. The number of hydrogen-bond donors (Lipinski definition) is 1. The van der Waals surface area contributed by atoms with Gasteiger partial charge in [-0.2, -0.15) is 18.3 Å². The molecule has 0 aliphatic heterocycles. The monoisotopic (exact) mass is 466 g/mol. The molecule has 7 nitrogen and oxygen atoms in total. The number of aromatic nitrogens is 2. The smallest absolute Gasteiger partial charge is 0.348 e. The molecule has 3 aromatic carbocycles. The van der Waals surface area contributed by atoms with Gasteiger partial charge in [0.1, 0.15) is 0 Å². The molecule has 1 heterocycles. The molecule has 0 saturated heterocycles. The zero-order chi connectivity index (χ0) is 24.3. The molecule has 0 bridgehead atoms. The van der Waals surface area contributed by atoms with Crippen LogP contribution < -0.4 is 5.32 Å². The number of nitrogens with zero attached hydrogens (tertiary/aromatic N) is 3. The van der Waals surface area contributed by atoms with Crippen LogP contribution in [0.3, 0.4) is 0 Å². The third-order valence-corrected chi connectivity index (χ3v) is 5.07. The Morgan fingerprint density at radius 2 is 1.65 bits per heavy atom. The van der Waals surface area contributed by atoms with Crippen LogP contribution in [-0.4, -0.2) is 20.6 Å². The van der Waals surface area contributed by atoms with Gasteiger partial charge >= 0.3 is 6.18 Å². The van der Waals surface area contributed by atoms with Crippen molar-refractivity contribution < 1.29 is 22.9 Å². The van der Waals surface area contributed by atoms with Gasteiger partial charge in [0.2, 0.25) is 0 Å². The first-order chi connectivity index (χ1) is 16.2. The molecule has 1 amide bonds. The molecule has 0 saturated carbocycles. The number of rotatable bonds is 6. The van der Waals surface area contributed by atoms with Crippen molar-refractivity contribution in [1.29, 1.82) is 0 Å². The number of nitrogens with one attached hydrogen (secondary N) is 1. The first-order valence-electron chi connectivity index (χ1n) is 10.1. The van der Waals surface area contributed by atoms with Crippen LogP contribution in [0.2, 0.25) is 0 Å². The molecule has 1 N–H and O–H groups in total. The lowest BCUT2D eigenvalue weighted by Crippen LogP contribution is -2.26. The molecular formula is C24H17F3N4O3. The summed E-state index contributed by atoms with van der Waals surface area (Å²) in [6.07, 6.45) is -4.06. The van der Waals surface area contributed by atoms with Crippen LogP contribution in [0.1, 0.15) is 21.6 Å². The minimum Gasteiger partial charge on any atom is -0.348 e. The van der Waals surface area contributed by atoms with E-state index >= 15 is 0 Å². The van der Waals surface area contributed by atoms with Gasteiger partial charge in [0, 0.05) is 18.7 Å². The van der Waals surface area contributed by atoms with Gasteiger partial charge in [0.05, 0.1) is 22.4 Å². The van der Waals surface area contributed by atoms with Crippen molar-refractivity contribution >= 4 is 11.6 Å². The predicted octanol–water partition coefficient (Wildman–Crippen LogP) is 5.40. The van der Waals surface area contributed by atoms with E-state index in [0.717, 1.165) is 41.6 Å². The van der Waals surface area contributed by atoms with Gasteiger partial charge in [-0.25, -0.2) is 4.68 Å². The largest absolute Gasteiger partial charge is 0.434 e. The SMILES string of the molecule is O=C(NCc1cccc(-c2ccccc2)c1)c1cnn(-c2ccc([N+](=O)[O-])cc2)c1C(F)(F)F. The molecule has 0 fully saturated rings. The summed E-state index contributed by atoms with van der Waals surface area (Å²) < 4.78 is 42.1. The summed E-state index contributed by atoms with van der Waals surface area (Å²) in [5.74, 6) is -0.939. The molecule has 0 aliphatic carbocycles. The van der Waals surface area contributed by atoms with Gasteiger partial charge in [0.15, 0.2) is 5.69 Å². The minimum absolute atomic E-state index is 0.0134. The summed E-state index contributed by atoms with van der Waals surface area (Å²) in [5.41, 5.74) is 0.342. The van der Waals surface area contributed by atoms with E-state index in [-0.39, 0.29) is 17.9 Å². The standard InChI is InChI=1S/C24H17F3N4O3/c25-24(26,27)22-21(15-29-30(22)19-9-11-20(12-10-19)31(33)34)23(32)28-14-16-5-4-8-18(13-16)17-6-2-1-3-7-17/h1-13,15H,14H2,(H,28,32). The average molecular weight is 466 g/mol. The molecule has 172 valence electrons. The Hall–Kier alpha value is -4.47. The Kier molecular flexibility index (Phi) is 6.13. The second-order valence-corrected chi connectivity index (χ2v) is 7.34. The number of benzene rings is 3. The minimum atomic E-state index is -4.89. The number of nitro benzene ring substituents is 1. The molecular weight excluding hydrogens is 449 g/mol. The third kappa shape index (κ3) is 4.80.